The molecule has 2 rings (SSSR count). The van der Waals surface area contributed by atoms with Crippen LogP contribution in [0.3, 0.4) is 0 Å². The average molecular weight is 536 g/mol. The van der Waals surface area contributed by atoms with Gasteiger partial charge in [0.2, 0.25) is 17.7 Å². The van der Waals surface area contributed by atoms with Crippen LogP contribution in [0.4, 0.5) is 4.79 Å². The van der Waals surface area contributed by atoms with Crippen molar-refractivity contribution in [1.82, 2.24) is 15.5 Å². The minimum absolute atomic E-state index is 0.136. The summed E-state index contributed by atoms with van der Waals surface area (Å²) >= 11 is 0. The van der Waals surface area contributed by atoms with E-state index in [-0.39, 0.29) is 19.4 Å². The largest absolute Gasteiger partial charge is 0.444 e. The van der Waals surface area contributed by atoms with E-state index in [2.05, 4.69) is 10.6 Å². The van der Waals surface area contributed by atoms with Gasteiger partial charge < -0.3 is 26.0 Å². The summed E-state index contributed by atoms with van der Waals surface area (Å²) in [6, 6.07) is 16.0. The van der Waals surface area contributed by atoms with Gasteiger partial charge >= 0.3 is 6.09 Å². The van der Waals surface area contributed by atoms with E-state index in [0.717, 1.165) is 22.4 Å². The van der Waals surface area contributed by atoms with Crippen LogP contribution < -0.4 is 16.4 Å². The van der Waals surface area contributed by atoms with E-state index in [1.165, 1.54) is 0 Å². The SMILES string of the molecule is CCc1ccc(C(C(=O)NCc2ccccc2)N(CC#N)C(=O)C(CCC(N)=O)NC(=O)OC(C)(C)C)cc1. The van der Waals surface area contributed by atoms with Crippen LogP contribution in [0.15, 0.2) is 54.6 Å². The third-order valence-electron chi connectivity index (χ3n) is 5.77. The number of hydrogen-bond acceptors (Lipinski definition) is 6. The van der Waals surface area contributed by atoms with Crippen LogP contribution in [0, 0.1) is 11.3 Å². The van der Waals surface area contributed by atoms with Gasteiger partial charge in [0.05, 0.1) is 6.07 Å². The van der Waals surface area contributed by atoms with Crippen LogP contribution in [0.2, 0.25) is 0 Å². The van der Waals surface area contributed by atoms with Gasteiger partial charge in [-0.15, -0.1) is 0 Å². The molecular formula is C29H37N5O5. The summed E-state index contributed by atoms with van der Waals surface area (Å²) in [5.41, 5.74) is 6.85. The number of aryl methyl sites for hydroxylation is 1. The van der Waals surface area contributed by atoms with Crippen molar-refractivity contribution in [2.24, 2.45) is 5.73 Å². The van der Waals surface area contributed by atoms with Crippen LogP contribution in [0.25, 0.3) is 0 Å². The third-order valence-corrected chi connectivity index (χ3v) is 5.77. The van der Waals surface area contributed by atoms with E-state index >= 15 is 0 Å². The summed E-state index contributed by atoms with van der Waals surface area (Å²) in [5.74, 6) is -1.89. The summed E-state index contributed by atoms with van der Waals surface area (Å²) in [5, 5.41) is 15.0. The number of alkyl carbamates (subject to hydrolysis) is 1. The minimum Gasteiger partial charge on any atom is -0.444 e. The fourth-order valence-electron chi connectivity index (χ4n) is 3.86. The van der Waals surface area contributed by atoms with Gasteiger partial charge in [-0.1, -0.05) is 61.5 Å². The topological polar surface area (TPSA) is 155 Å². The number of nitrogens with two attached hydrogens (primary N) is 1. The summed E-state index contributed by atoms with van der Waals surface area (Å²) in [6.45, 7) is 6.77. The van der Waals surface area contributed by atoms with Crippen molar-refractivity contribution in [3.8, 4) is 6.07 Å². The van der Waals surface area contributed by atoms with E-state index in [0.29, 0.717) is 5.56 Å². The van der Waals surface area contributed by atoms with Gasteiger partial charge in [0.25, 0.3) is 0 Å². The van der Waals surface area contributed by atoms with Crippen LogP contribution in [0.5, 0.6) is 0 Å². The molecule has 0 spiro atoms. The van der Waals surface area contributed by atoms with Crippen molar-refractivity contribution in [1.29, 1.82) is 5.26 Å². The zero-order chi connectivity index (χ0) is 29.0. The lowest BCUT2D eigenvalue weighted by Crippen LogP contribution is -2.53. The molecule has 4 amide bonds. The Hall–Kier alpha value is -4.39. The normalized spacial score (nSPS) is 12.4. The van der Waals surface area contributed by atoms with Gasteiger partial charge in [0, 0.05) is 13.0 Å². The van der Waals surface area contributed by atoms with Gasteiger partial charge in [-0.2, -0.15) is 5.26 Å². The van der Waals surface area contributed by atoms with Gasteiger partial charge in [-0.25, -0.2) is 4.79 Å². The van der Waals surface area contributed by atoms with Crippen LogP contribution in [-0.4, -0.2) is 46.9 Å². The zero-order valence-corrected chi connectivity index (χ0v) is 22.9. The number of hydrogen-bond donors (Lipinski definition) is 3. The first kappa shape index (κ1) is 30.8. The van der Waals surface area contributed by atoms with Crippen molar-refractivity contribution < 1.29 is 23.9 Å². The second kappa shape index (κ2) is 14.5. The summed E-state index contributed by atoms with van der Waals surface area (Å²) in [4.78, 5) is 52.6. The fourth-order valence-corrected chi connectivity index (χ4v) is 3.86. The molecular weight excluding hydrogens is 498 g/mol. The Morgan fingerprint density at radius 1 is 1.03 bits per heavy atom. The molecule has 0 aliphatic rings. The molecule has 39 heavy (non-hydrogen) atoms. The summed E-state index contributed by atoms with van der Waals surface area (Å²) < 4.78 is 5.29. The maximum atomic E-state index is 13.8. The molecule has 0 bridgehead atoms. The number of rotatable bonds is 12. The first-order valence-corrected chi connectivity index (χ1v) is 12.8. The van der Waals surface area contributed by atoms with Gasteiger partial charge in [-0.05, 0) is 50.3 Å². The van der Waals surface area contributed by atoms with Crippen molar-refractivity contribution in [2.45, 2.75) is 71.2 Å². The molecule has 208 valence electrons. The van der Waals surface area contributed by atoms with Crippen molar-refractivity contribution in [3.63, 3.8) is 0 Å². The highest BCUT2D eigenvalue weighted by Gasteiger charge is 2.36. The van der Waals surface area contributed by atoms with Crippen LogP contribution in [-0.2, 0) is 32.1 Å². The number of ether oxygens (including phenoxy) is 1. The molecule has 0 fully saturated rings. The second-order valence-corrected chi connectivity index (χ2v) is 10.0. The number of amides is 4. The number of nitriles is 1. The maximum absolute atomic E-state index is 13.8. The number of carbonyl (C=O) groups excluding carboxylic acids is 4. The monoisotopic (exact) mass is 535 g/mol. The van der Waals surface area contributed by atoms with Gasteiger partial charge in [0.1, 0.15) is 24.2 Å². The molecule has 10 heteroatoms. The Morgan fingerprint density at radius 3 is 2.21 bits per heavy atom. The Labute approximate surface area is 229 Å². The number of primary amides is 1. The highest BCUT2D eigenvalue weighted by atomic mass is 16.6. The van der Waals surface area contributed by atoms with Crippen molar-refractivity contribution >= 4 is 23.8 Å². The standard InChI is InChI=1S/C29H37N5O5/c1-5-20-11-13-22(14-12-20)25(26(36)32-19-21-9-7-6-8-10-21)34(18-17-30)27(37)23(15-16-24(31)35)33-28(38)39-29(2,3)4/h6-14,23,25H,5,15-16,18-19H2,1-4H3,(H2,31,35)(H,32,36)(H,33,38). The highest BCUT2D eigenvalue weighted by Crippen LogP contribution is 2.24. The molecule has 0 saturated heterocycles. The predicted octanol–water partition coefficient (Wildman–Crippen LogP) is 3.12. The number of nitrogens with zero attached hydrogens (tertiary/aromatic N) is 2. The molecule has 0 saturated carbocycles. The summed E-state index contributed by atoms with van der Waals surface area (Å²) in [6.07, 6.45) is -0.439. The molecule has 2 atom stereocenters. The molecule has 0 heterocycles. The second-order valence-electron chi connectivity index (χ2n) is 10.0. The zero-order valence-electron chi connectivity index (χ0n) is 22.9. The number of carbonyl (C=O) groups is 4. The lowest BCUT2D eigenvalue weighted by molar-refractivity contribution is -0.142. The fraction of sp³-hybridized carbons (Fsp3) is 0.414. The molecule has 0 aliphatic heterocycles. The van der Waals surface area contributed by atoms with E-state index in [1.807, 2.05) is 55.5 Å². The van der Waals surface area contributed by atoms with E-state index in [4.69, 9.17) is 10.5 Å². The molecule has 0 aliphatic carbocycles. The molecule has 2 unspecified atom stereocenters. The maximum Gasteiger partial charge on any atom is 0.408 e. The average Bonchev–Trinajstić information content (AvgIpc) is 2.89. The third kappa shape index (κ3) is 10.1. The predicted molar refractivity (Wildman–Crippen MR) is 146 cm³/mol. The molecule has 2 aromatic carbocycles. The van der Waals surface area contributed by atoms with Crippen LogP contribution in [0.1, 0.15) is 63.3 Å². The molecule has 0 radical (unpaired) electrons. The number of benzene rings is 2. The van der Waals surface area contributed by atoms with Gasteiger partial charge in [-0.3, -0.25) is 14.4 Å². The Morgan fingerprint density at radius 2 is 1.67 bits per heavy atom. The quantitative estimate of drug-likeness (QED) is 0.355. The molecule has 0 aromatic heterocycles. The molecule has 2 aromatic rings. The molecule has 4 N–H and O–H groups in total. The number of nitrogens with one attached hydrogen (secondary N) is 2. The van der Waals surface area contributed by atoms with E-state index < -0.39 is 48.0 Å². The lowest BCUT2D eigenvalue weighted by Gasteiger charge is -2.33. The Kier molecular flexibility index (Phi) is 11.5. The Bertz CT molecular complexity index is 1170. The molecule has 10 nitrogen and oxygen atoms in total. The van der Waals surface area contributed by atoms with Crippen molar-refractivity contribution in [2.75, 3.05) is 6.54 Å². The Balaban J connectivity index is 2.45. The van der Waals surface area contributed by atoms with E-state index in [9.17, 15) is 24.4 Å². The van der Waals surface area contributed by atoms with Crippen molar-refractivity contribution in [3.05, 3.63) is 71.3 Å². The first-order valence-electron chi connectivity index (χ1n) is 12.8. The first-order chi connectivity index (χ1) is 18.4. The van der Waals surface area contributed by atoms with Crippen LogP contribution >= 0.6 is 0 Å². The summed E-state index contributed by atoms with van der Waals surface area (Å²) in [7, 11) is 0. The minimum atomic E-state index is -1.26. The highest BCUT2D eigenvalue weighted by molar-refractivity contribution is 5.92. The van der Waals surface area contributed by atoms with E-state index in [1.54, 1.807) is 32.9 Å². The van der Waals surface area contributed by atoms with Gasteiger partial charge in [0.15, 0.2) is 0 Å². The lowest BCUT2D eigenvalue weighted by atomic mass is 9.99. The smallest absolute Gasteiger partial charge is 0.408 e.